The van der Waals surface area contributed by atoms with Crippen LogP contribution in [0.5, 0.6) is 11.5 Å². The summed E-state index contributed by atoms with van der Waals surface area (Å²) in [4.78, 5) is 12.1. The summed E-state index contributed by atoms with van der Waals surface area (Å²) in [7, 11) is 3.24. The number of ether oxygens (including phenoxy) is 3. The van der Waals surface area contributed by atoms with E-state index in [1.54, 1.807) is 14.2 Å². The van der Waals surface area contributed by atoms with Crippen molar-refractivity contribution in [1.29, 1.82) is 0 Å². The molecule has 0 fully saturated rings. The van der Waals surface area contributed by atoms with Crippen LogP contribution in [0.1, 0.15) is 23.1 Å². The predicted molar refractivity (Wildman–Crippen MR) is 131 cm³/mol. The fourth-order valence-electron chi connectivity index (χ4n) is 3.87. The average molecular weight is 465 g/mol. The third-order valence-corrected chi connectivity index (χ3v) is 5.63. The van der Waals surface area contributed by atoms with Crippen LogP contribution in [-0.2, 0) is 15.1 Å². The van der Waals surface area contributed by atoms with Gasteiger partial charge in [-0.05, 0) is 41.0 Å². The number of carbonyl (C=O) groups excluding carboxylic acids is 1. The topological polar surface area (TPSA) is 103 Å². The lowest BCUT2D eigenvalue weighted by molar-refractivity contribution is -0.123. The van der Waals surface area contributed by atoms with E-state index in [-0.39, 0.29) is 32.1 Å². The molecule has 0 saturated heterocycles. The van der Waals surface area contributed by atoms with Gasteiger partial charge < -0.3 is 30.4 Å². The minimum absolute atomic E-state index is 0.0692. The summed E-state index contributed by atoms with van der Waals surface area (Å²) < 4.78 is 17.4. The number of carbonyl (C=O) groups is 1. The van der Waals surface area contributed by atoms with Crippen molar-refractivity contribution in [2.75, 3.05) is 34.0 Å². The molecule has 0 aliphatic heterocycles. The van der Waals surface area contributed by atoms with Crippen LogP contribution in [-0.4, -0.2) is 51.0 Å². The van der Waals surface area contributed by atoms with E-state index in [2.05, 4.69) is 5.32 Å². The van der Waals surface area contributed by atoms with Gasteiger partial charge >= 0.3 is 0 Å². The highest BCUT2D eigenvalue weighted by Gasteiger charge is 2.38. The Morgan fingerprint density at radius 2 is 1.38 bits per heavy atom. The normalized spacial score (nSPS) is 12.1. The molecule has 0 spiro atoms. The molecule has 3 aromatic rings. The lowest BCUT2D eigenvalue weighted by Gasteiger charge is -2.37. The first-order valence-electron chi connectivity index (χ1n) is 11.2. The minimum atomic E-state index is -1.02. The highest BCUT2D eigenvalue weighted by molar-refractivity contribution is 5.76. The van der Waals surface area contributed by atoms with E-state index in [1.807, 2.05) is 78.9 Å². The summed E-state index contributed by atoms with van der Waals surface area (Å²) in [6.07, 6.45) is 0.178. The van der Waals surface area contributed by atoms with E-state index < -0.39 is 11.6 Å². The van der Waals surface area contributed by atoms with Crippen molar-refractivity contribution in [2.24, 2.45) is 5.73 Å². The van der Waals surface area contributed by atoms with Crippen molar-refractivity contribution >= 4 is 5.91 Å². The van der Waals surface area contributed by atoms with Crippen molar-refractivity contribution in [3.63, 3.8) is 0 Å². The van der Waals surface area contributed by atoms with Crippen LogP contribution in [0.4, 0.5) is 0 Å². The quantitative estimate of drug-likeness (QED) is 0.356. The summed E-state index contributed by atoms with van der Waals surface area (Å²) in [5, 5.41) is 12.7. The Bertz CT molecular complexity index is 976. The molecule has 1 amide bonds. The van der Waals surface area contributed by atoms with Crippen molar-refractivity contribution in [1.82, 2.24) is 5.32 Å². The van der Waals surface area contributed by atoms with Gasteiger partial charge in [0.05, 0.1) is 33.5 Å². The van der Waals surface area contributed by atoms with E-state index in [1.165, 1.54) is 0 Å². The SMILES string of the molecule is COc1ccc(C(OC[C@@H](CO)NC(=O)CCN)(c2ccccc2)c2ccc(OC)cc2)cc1. The lowest BCUT2D eigenvalue weighted by Crippen LogP contribution is -2.44. The molecule has 3 rings (SSSR count). The maximum absolute atomic E-state index is 12.1. The molecule has 0 bridgehead atoms. The Morgan fingerprint density at radius 3 is 1.82 bits per heavy atom. The summed E-state index contributed by atoms with van der Waals surface area (Å²) in [5.41, 5.74) is 7.11. The molecule has 180 valence electrons. The Balaban J connectivity index is 2.11. The number of benzene rings is 3. The van der Waals surface area contributed by atoms with Gasteiger partial charge in [-0.25, -0.2) is 0 Å². The second-order valence-electron chi connectivity index (χ2n) is 7.80. The average Bonchev–Trinajstić information content (AvgIpc) is 2.89. The lowest BCUT2D eigenvalue weighted by atomic mass is 9.80. The van der Waals surface area contributed by atoms with Crippen LogP contribution in [0, 0.1) is 0 Å². The first kappa shape index (κ1) is 25.2. The number of rotatable bonds is 12. The zero-order chi connectivity index (χ0) is 24.4. The van der Waals surface area contributed by atoms with Gasteiger partial charge in [-0.3, -0.25) is 4.79 Å². The van der Waals surface area contributed by atoms with Gasteiger partial charge in [-0.2, -0.15) is 0 Å². The van der Waals surface area contributed by atoms with Gasteiger partial charge in [0.15, 0.2) is 0 Å². The smallest absolute Gasteiger partial charge is 0.221 e. The van der Waals surface area contributed by atoms with Crippen LogP contribution in [0.25, 0.3) is 0 Å². The Labute approximate surface area is 200 Å². The Morgan fingerprint density at radius 1 is 0.882 bits per heavy atom. The monoisotopic (exact) mass is 464 g/mol. The number of aliphatic hydroxyl groups excluding tert-OH is 1. The largest absolute Gasteiger partial charge is 0.497 e. The van der Waals surface area contributed by atoms with Gasteiger partial charge in [0, 0.05) is 13.0 Å². The van der Waals surface area contributed by atoms with Gasteiger partial charge in [0.2, 0.25) is 5.91 Å². The number of nitrogens with two attached hydrogens (primary N) is 1. The van der Waals surface area contributed by atoms with E-state index >= 15 is 0 Å². The number of methoxy groups -OCH3 is 2. The highest BCUT2D eigenvalue weighted by atomic mass is 16.5. The van der Waals surface area contributed by atoms with Crippen molar-refractivity contribution in [3.8, 4) is 11.5 Å². The molecule has 7 heteroatoms. The zero-order valence-corrected chi connectivity index (χ0v) is 19.6. The van der Waals surface area contributed by atoms with Crippen molar-refractivity contribution in [2.45, 2.75) is 18.1 Å². The zero-order valence-electron chi connectivity index (χ0n) is 19.6. The molecule has 34 heavy (non-hydrogen) atoms. The molecule has 3 aromatic carbocycles. The van der Waals surface area contributed by atoms with Gasteiger partial charge in [-0.15, -0.1) is 0 Å². The first-order chi connectivity index (χ1) is 16.6. The number of amides is 1. The van der Waals surface area contributed by atoms with Crippen LogP contribution in [0.2, 0.25) is 0 Å². The highest BCUT2D eigenvalue weighted by Crippen LogP contribution is 2.41. The van der Waals surface area contributed by atoms with Gasteiger partial charge in [-0.1, -0.05) is 54.6 Å². The van der Waals surface area contributed by atoms with E-state index in [4.69, 9.17) is 19.9 Å². The van der Waals surface area contributed by atoms with Crippen LogP contribution in [0.15, 0.2) is 78.9 Å². The van der Waals surface area contributed by atoms with Crippen LogP contribution >= 0.6 is 0 Å². The second-order valence-corrected chi connectivity index (χ2v) is 7.80. The molecule has 4 N–H and O–H groups in total. The Kier molecular flexibility index (Phi) is 9.04. The van der Waals surface area contributed by atoms with Crippen LogP contribution in [0.3, 0.4) is 0 Å². The number of aliphatic hydroxyl groups is 1. The van der Waals surface area contributed by atoms with Gasteiger partial charge in [0.1, 0.15) is 17.1 Å². The van der Waals surface area contributed by atoms with E-state index in [0.717, 1.165) is 28.2 Å². The third kappa shape index (κ3) is 5.75. The van der Waals surface area contributed by atoms with Gasteiger partial charge in [0.25, 0.3) is 0 Å². The second kappa shape index (κ2) is 12.2. The van der Waals surface area contributed by atoms with E-state index in [0.29, 0.717) is 0 Å². The van der Waals surface area contributed by atoms with Crippen molar-refractivity contribution in [3.05, 3.63) is 95.6 Å². The maximum Gasteiger partial charge on any atom is 0.221 e. The Hall–Kier alpha value is -3.39. The molecule has 1 atom stereocenters. The molecule has 0 aliphatic carbocycles. The standard InChI is InChI=1S/C27H32N2O5/c1-32-24-12-8-21(9-13-24)27(20-6-4-3-5-7-20,22-10-14-25(33-2)15-11-22)34-19-23(18-30)29-26(31)16-17-28/h3-15,23,30H,16-19,28H2,1-2H3,(H,29,31)/t23-/m1/s1. The molecular weight excluding hydrogens is 432 g/mol. The van der Waals surface area contributed by atoms with Crippen molar-refractivity contribution < 1.29 is 24.1 Å². The number of hydrogen-bond donors (Lipinski definition) is 3. The maximum atomic E-state index is 12.1. The fourth-order valence-corrected chi connectivity index (χ4v) is 3.87. The molecule has 7 nitrogen and oxygen atoms in total. The molecular formula is C27H32N2O5. The van der Waals surface area contributed by atoms with E-state index in [9.17, 15) is 9.90 Å². The minimum Gasteiger partial charge on any atom is -0.497 e. The molecule has 0 heterocycles. The third-order valence-electron chi connectivity index (χ3n) is 5.63. The molecule has 0 aliphatic rings. The fraction of sp³-hybridized carbons (Fsp3) is 0.296. The molecule has 0 unspecified atom stereocenters. The summed E-state index contributed by atoms with van der Waals surface area (Å²) in [5.74, 6) is 1.22. The first-order valence-corrected chi connectivity index (χ1v) is 11.2. The summed E-state index contributed by atoms with van der Waals surface area (Å²) in [6, 6.07) is 24.6. The predicted octanol–water partition coefficient (Wildman–Crippen LogP) is 2.84. The summed E-state index contributed by atoms with van der Waals surface area (Å²) >= 11 is 0. The number of nitrogens with one attached hydrogen (secondary N) is 1. The number of hydrogen-bond acceptors (Lipinski definition) is 6. The van der Waals surface area contributed by atoms with Crippen LogP contribution < -0.4 is 20.5 Å². The molecule has 0 radical (unpaired) electrons. The molecule has 0 saturated carbocycles. The molecule has 0 aromatic heterocycles. The summed E-state index contributed by atoms with van der Waals surface area (Å²) in [6.45, 7) is 0.0304.